The number of aromatic nitrogens is 4. The first kappa shape index (κ1) is 27.5. The monoisotopic (exact) mass is 654 g/mol. The summed E-state index contributed by atoms with van der Waals surface area (Å²) in [6.07, 6.45) is 1.85. The molecule has 0 aliphatic heterocycles. The Morgan fingerprint density at radius 1 is 0.480 bits per heavy atom. The van der Waals surface area contributed by atoms with Crippen molar-refractivity contribution in [2.24, 2.45) is 0 Å². The number of rotatable bonds is 3. The van der Waals surface area contributed by atoms with Gasteiger partial charge in [0.1, 0.15) is 5.82 Å². The third-order valence-corrected chi connectivity index (χ3v) is 11.1. The lowest BCUT2D eigenvalue weighted by Gasteiger charge is -2.13. The van der Waals surface area contributed by atoms with Crippen molar-refractivity contribution < 1.29 is 0 Å². The van der Waals surface area contributed by atoms with Gasteiger partial charge in [0, 0.05) is 53.7 Å². The Morgan fingerprint density at radius 2 is 1.22 bits per heavy atom. The van der Waals surface area contributed by atoms with Crippen molar-refractivity contribution in [1.82, 2.24) is 19.5 Å². The predicted molar refractivity (Wildman–Crippen MR) is 210 cm³/mol. The van der Waals surface area contributed by atoms with Crippen molar-refractivity contribution in [2.75, 3.05) is 0 Å². The van der Waals surface area contributed by atoms with E-state index in [0.29, 0.717) is 5.82 Å². The highest BCUT2D eigenvalue weighted by Gasteiger charge is 2.20. The number of hydrogen-bond donors (Lipinski definition) is 0. The summed E-state index contributed by atoms with van der Waals surface area (Å²) in [6.45, 7) is 0. The lowest BCUT2D eigenvalue weighted by Crippen LogP contribution is -1.98. The molecule has 0 amide bonds. The summed E-state index contributed by atoms with van der Waals surface area (Å²) in [4.78, 5) is 15.7. The van der Waals surface area contributed by atoms with Gasteiger partial charge in [0.05, 0.1) is 22.2 Å². The highest BCUT2D eigenvalue weighted by molar-refractivity contribution is 7.26. The maximum atomic E-state index is 5.48. The summed E-state index contributed by atoms with van der Waals surface area (Å²) < 4.78 is 4.73. The van der Waals surface area contributed by atoms with E-state index in [0.717, 1.165) is 44.6 Å². The van der Waals surface area contributed by atoms with Crippen LogP contribution in [0.15, 0.2) is 158 Å². The zero-order chi connectivity index (χ0) is 32.8. The quantitative estimate of drug-likeness (QED) is 0.190. The molecule has 0 saturated heterocycles. The molecule has 7 aromatic carbocycles. The van der Waals surface area contributed by atoms with Crippen molar-refractivity contribution >= 4 is 85.8 Å². The first-order valence-electron chi connectivity index (χ1n) is 16.8. The molecule has 0 spiro atoms. The minimum atomic E-state index is 0.702. The van der Waals surface area contributed by atoms with Crippen molar-refractivity contribution in [3.63, 3.8) is 0 Å². The normalized spacial score (nSPS) is 12.0. The molecule has 0 aliphatic carbocycles. The van der Waals surface area contributed by atoms with Crippen LogP contribution in [0.4, 0.5) is 0 Å². The molecule has 0 saturated carbocycles. The second-order valence-corrected chi connectivity index (χ2v) is 13.9. The molecule has 0 atom stereocenters. The average molecular weight is 655 g/mol. The summed E-state index contributed by atoms with van der Waals surface area (Å²) in [6, 6.07) is 54.0. The van der Waals surface area contributed by atoms with Crippen LogP contribution in [0.25, 0.3) is 103 Å². The third-order valence-electron chi connectivity index (χ3n) is 10.0. The Balaban J connectivity index is 1.26. The van der Waals surface area contributed by atoms with Crippen LogP contribution in [0.1, 0.15) is 0 Å². The van der Waals surface area contributed by atoms with E-state index in [9.17, 15) is 0 Å². The van der Waals surface area contributed by atoms with Crippen LogP contribution in [0.3, 0.4) is 0 Å². The topological polar surface area (TPSA) is 43.6 Å². The largest absolute Gasteiger partial charge is 0.294 e. The molecular weight excluding hydrogens is 629 g/mol. The van der Waals surface area contributed by atoms with Gasteiger partial charge in [-0.3, -0.25) is 4.57 Å². The van der Waals surface area contributed by atoms with Crippen molar-refractivity contribution in [1.29, 1.82) is 0 Å². The first-order chi connectivity index (χ1) is 24.8. The Kier molecular flexibility index (Phi) is 5.80. The third kappa shape index (κ3) is 4.01. The van der Waals surface area contributed by atoms with E-state index in [-0.39, 0.29) is 0 Å². The first-order valence-corrected chi connectivity index (χ1v) is 17.6. The molecule has 232 valence electrons. The maximum absolute atomic E-state index is 5.48. The van der Waals surface area contributed by atoms with E-state index < -0.39 is 0 Å². The fourth-order valence-electron chi connectivity index (χ4n) is 7.75. The Bertz CT molecular complexity index is 3150. The van der Waals surface area contributed by atoms with E-state index in [4.69, 9.17) is 15.0 Å². The van der Waals surface area contributed by atoms with E-state index in [1.807, 2.05) is 29.7 Å². The van der Waals surface area contributed by atoms with E-state index >= 15 is 0 Å². The molecule has 0 fully saturated rings. The summed E-state index contributed by atoms with van der Waals surface area (Å²) in [5.74, 6) is 1.58. The lowest BCUT2D eigenvalue weighted by atomic mass is 9.97. The van der Waals surface area contributed by atoms with Crippen LogP contribution in [0, 0.1) is 0 Å². The fraction of sp³-hybridized carbons (Fsp3) is 0. The highest BCUT2D eigenvalue weighted by atomic mass is 32.1. The number of hydrogen-bond acceptors (Lipinski definition) is 4. The molecule has 0 N–H and O–H groups in total. The molecule has 4 heterocycles. The molecule has 5 heteroatoms. The van der Waals surface area contributed by atoms with Gasteiger partial charge in [-0.1, -0.05) is 103 Å². The predicted octanol–water partition coefficient (Wildman–Crippen LogP) is 12.1. The number of thiophene rings is 1. The lowest BCUT2D eigenvalue weighted by molar-refractivity contribution is 1.08. The summed E-state index contributed by atoms with van der Waals surface area (Å²) in [5.41, 5.74) is 6.17. The van der Waals surface area contributed by atoms with Gasteiger partial charge < -0.3 is 0 Å². The average Bonchev–Trinajstić information content (AvgIpc) is 3.71. The zero-order valence-electron chi connectivity index (χ0n) is 26.7. The van der Waals surface area contributed by atoms with Crippen molar-refractivity contribution in [2.45, 2.75) is 0 Å². The molecule has 0 bridgehead atoms. The summed E-state index contributed by atoms with van der Waals surface area (Å²) in [5, 5.41) is 10.7. The second-order valence-electron chi connectivity index (χ2n) is 12.8. The van der Waals surface area contributed by atoms with E-state index in [2.05, 4.69) is 144 Å². The number of nitrogens with zero attached hydrogens (tertiary/aromatic N) is 4. The smallest absolute Gasteiger partial charge is 0.160 e. The molecule has 0 aliphatic rings. The Labute approximate surface area is 290 Å². The number of fused-ring (bicyclic) bond motifs is 10. The Morgan fingerprint density at radius 3 is 2.10 bits per heavy atom. The van der Waals surface area contributed by atoms with E-state index in [1.165, 1.54) is 52.5 Å². The van der Waals surface area contributed by atoms with Crippen molar-refractivity contribution in [3.8, 4) is 28.5 Å². The number of benzene rings is 7. The SMILES string of the molecule is c1ccc(-n2c3ccccc3c3ccc(-c4nc(-c5cccc6ccccc56)c5ccc6sc7cc8ccccc8cc7c6c5n4)cc32)nc1. The van der Waals surface area contributed by atoms with Gasteiger partial charge in [-0.25, -0.2) is 15.0 Å². The fourth-order valence-corrected chi connectivity index (χ4v) is 8.89. The highest BCUT2D eigenvalue weighted by Crippen LogP contribution is 2.43. The summed E-state index contributed by atoms with van der Waals surface area (Å²) >= 11 is 1.83. The second kappa shape index (κ2) is 10.5. The molecule has 0 radical (unpaired) electrons. The molecular formula is C45H26N4S. The van der Waals surface area contributed by atoms with Crippen LogP contribution >= 0.6 is 11.3 Å². The zero-order valence-corrected chi connectivity index (χ0v) is 27.5. The molecule has 11 aromatic rings. The minimum absolute atomic E-state index is 0.702. The van der Waals surface area contributed by atoms with Gasteiger partial charge in [0.2, 0.25) is 0 Å². The minimum Gasteiger partial charge on any atom is -0.294 e. The van der Waals surface area contributed by atoms with Crippen molar-refractivity contribution in [3.05, 3.63) is 158 Å². The maximum Gasteiger partial charge on any atom is 0.160 e. The van der Waals surface area contributed by atoms with Gasteiger partial charge in [-0.2, -0.15) is 0 Å². The molecule has 11 rings (SSSR count). The van der Waals surface area contributed by atoms with Crippen LogP contribution in [0.2, 0.25) is 0 Å². The number of para-hydroxylation sites is 1. The molecule has 4 nitrogen and oxygen atoms in total. The molecule has 0 unspecified atom stereocenters. The van der Waals surface area contributed by atoms with Gasteiger partial charge in [-0.05, 0) is 70.1 Å². The molecule has 4 aromatic heterocycles. The van der Waals surface area contributed by atoms with Gasteiger partial charge in [0.15, 0.2) is 5.82 Å². The molecule has 50 heavy (non-hydrogen) atoms. The number of pyridine rings is 1. The van der Waals surface area contributed by atoms with Gasteiger partial charge in [-0.15, -0.1) is 11.3 Å². The Hall–Kier alpha value is -6.43. The van der Waals surface area contributed by atoms with Crippen LogP contribution < -0.4 is 0 Å². The van der Waals surface area contributed by atoms with Gasteiger partial charge >= 0.3 is 0 Å². The standard InChI is InChI=1S/C45H26N4S/c1-2-12-29-26-40-36(24-28(29)11-1)42-39(50-40)22-21-35-43(34-16-9-13-27-10-3-4-14-31(27)34)47-45(48-44(35)42)30-19-20-33-32-15-5-6-17-37(32)49(38(33)25-30)41-18-7-8-23-46-41/h1-26H. The summed E-state index contributed by atoms with van der Waals surface area (Å²) in [7, 11) is 0. The van der Waals surface area contributed by atoms with E-state index in [1.54, 1.807) is 0 Å². The van der Waals surface area contributed by atoms with Crippen LogP contribution in [0.5, 0.6) is 0 Å². The van der Waals surface area contributed by atoms with Crippen LogP contribution in [-0.2, 0) is 0 Å². The van der Waals surface area contributed by atoms with Gasteiger partial charge in [0.25, 0.3) is 0 Å². The van der Waals surface area contributed by atoms with Crippen LogP contribution in [-0.4, -0.2) is 19.5 Å².